The number of fused-ring (bicyclic) bond motifs is 1. The molecule has 0 aromatic heterocycles. The van der Waals surface area contributed by atoms with Crippen molar-refractivity contribution in [3.8, 4) is 5.75 Å². The number of benzene rings is 1. The van der Waals surface area contributed by atoms with Gasteiger partial charge in [0.25, 0.3) is 0 Å². The molecule has 6 heteroatoms. The molecule has 1 aliphatic rings. The lowest BCUT2D eigenvalue weighted by atomic mass is 10.1. The Hall–Kier alpha value is -1.11. The van der Waals surface area contributed by atoms with Crippen LogP contribution in [0.2, 0.25) is 0 Å². The summed E-state index contributed by atoms with van der Waals surface area (Å²) in [6.45, 7) is 3.58. The van der Waals surface area contributed by atoms with Crippen LogP contribution in [0.4, 0.5) is 0 Å². The number of sulfonamides is 1. The summed E-state index contributed by atoms with van der Waals surface area (Å²) in [5.74, 6) is 0.746. The van der Waals surface area contributed by atoms with E-state index < -0.39 is 15.6 Å². The predicted molar refractivity (Wildman–Crippen MR) is 67.1 cm³/mol. The van der Waals surface area contributed by atoms with Crippen molar-refractivity contribution in [1.82, 2.24) is 4.72 Å². The number of hydrogen-bond acceptors (Lipinski definition) is 4. The molecule has 18 heavy (non-hydrogen) atoms. The lowest BCUT2D eigenvalue weighted by Crippen LogP contribution is -2.46. The lowest BCUT2D eigenvalue weighted by molar-refractivity contribution is 0.208. The summed E-state index contributed by atoms with van der Waals surface area (Å²) in [6, 6.07) is 4.81. The monoisotopic (exact) mass is 271 g/mol. The summed E-state index contributed by atoms with van der Waals surface area (Å²) in [6.07, 6.45) is 0.724. The fourth-order valence-corrected chi connectivity index (χ4v) is 3.24. The highest BCUT2D eigenvalue weighted by atomic mass is 32.2. The highest BCUT2D eigenvalue weighted by Crippen LogP contribution is 2.27. The number of rotatable bonds is 4. The molecule has 0 aliphatic carbocycles. The number of ether oxygens (including phenoxy) is 1. The summed E-state index contributed by atoms with van der Waals surface area (Å²) in [7, 11) is -3.62. The van der Waals surface area contributed by atoms with E-state index >= 15 is 0 Å². The van der Waals surface area contributed by atoms with E-state index in [0.29, 0.717) is 6.61 Å². The third-order valence-electron chi connectivity index (χ3n) is 2.78. The molecule has 0 atom stereocenters. The van der Waals surface area contributed by atoms with Gasteiger partial charge in [0.05, 0.1) is 23.6 Å². The van der Waals surface area contributed by atoms with Crippen molar-refractivity contribution in [3.63, 3.8) is 0 Å². The molecule has 2 rings (SSSR count). The molecule has 5 nitrogen and oxygen atoms in total. The van der Waals surface area contributed by atoms with Gasteiger partial charge in [-0.3, -0.25) is 0 Å². The van der Waals surface area contributed by atoms with Crippen LogP contribution >= 0.6 is 0 Å². The normalized spacial score (nSPS) is 15.3. The Morgan fingerprint density at radius 3 is 2.83 bits per heavy atom. The van der Waals surface area contributed by atoms with Crippen LogP contribution in [0.25, 0.3) is 0 Å². The number of aliphatic hydroxyl groups is 1. The van der Waals surface area contributed by atoms with Gasteiger partial charge in [-0.25, -0.2) is 13.1 Å². The molecule has 0 amide bonds. The van der Waals surface area contributed by atoms with Gasteiger partial charge >= 0.3 is 0 Å². The zero-order chi connectivity index (χ0) is 13.4. The molecule has 0 fully saturated rings. The maximum atomic E-state index is 12.1. The molecular formula is C12H17NO4S. The van der Waals surface area contributed by atoms with Crippen LogP contribution in [0.3, 0.4) is 0 Å². The van der Waals surface area contributed by atoms with Crippen molar-refractivity contribution in [3.05, 3.63) is 23.8 Å². The van der Waals surface area contributed by atoms with E-state index in [4.69, 9.17) is 9.84 Å². The van der Waals surface area contributed by atoms with Gasteiger partial charge in [0.15, 0.2) is 0 Å². The van der Waals surface area contributed by atoms with Gasteiger partial charge < -0.3 is 9.84 Å². The summed E-state index contributed by atoms with van der Waals surface area (Å²) < 4.78 is 32.1. The third kappa shape index (κ3) is 2.66. The highest BCUT2D eigenvalue weighted by Gasteiger charge is 2.26. The Kier molecular flexibility index (Phi) is 3.35. The molecule has 0 bridgehead atoms. The second-order valence-electron chi connectivity index (χ2n) is 5.02. The molecule has 0 unspecified atom stereocenters. The average molecular weight is 271 g/mol. The molecule has 1 aromatic carbocycles. The minimum Gasteiger partial charge on any atom is -0.493 e. The fraction of sp³-hybridized carbons (Fsp3) is 0.500. The van der Waals surface area contributed by atoms with Gasteiger partial charge in [0.1, 0.15) is 5.75 Å². The van der Waals surface area contributed by atoms with Gasteiger partial charge in [-0.1, -0.05) is 0 Å². The maximum Gasteiger partial charge on any atom is 0.241 e. The first kappa shape index (κ1) is 13.3. The molecule has 0 spiro atoms. The third-order valence-corrected chi connectivity index (χ3v) is 4.47. The SMILES string of the molecule is CC(C)(CO)NS(=O)(=O)c1ccc2c(c1)CCO2. The number of aliphatic hydroxyl groups excluding tert-OH is 1. The van der Waals surface area contributed by atoms with Crippen molar-refractivity contribution in [2.75, 3.05) is 13.2 Å². The minimum atomic E-state index is -3.62. The van der Waals surface area contributed by atoms with E-state index in [1.807, 2.05) is 0 Å². The summed E-state index contributed by atoms with van der Waals surface area (Å²) in [4.78, 5) is 0.202. The Labute approximate surface area is 107 Å². The average Bonchev–Trinajstić information content (AvgIpc) is 2.74. The van der Waals surface area contributed by atoms with Gasteiger partial charge in [-0.15, -0.1) is 0 Å². The Balaban J connectivity index is 2.31. The molecule has 100 valence electrons. The van der Waals surface area contributed by atoms with Gasteiger partial charge in [0.2, 0.25) is 10.0 Å². The quantitative estimate of drug-likeness (QED) is 0.844. The molecular weight excluding hydrogens is 254 g/mol. The zero-order valence-electron chi connectivity index (χ0n) is 10.4. The Bertz CT molecular complexity index is 551. The molecule has 0 saturated heterocycles. The van der Waals surface area contributed by atoms with Gasteiger partial charge in [-0.05, 0) is 37.6 Å². The van der Waals surface area contributed by atoms with Crippen LogP contribution in [0.15, 0.2) is 23.1 Å². The largest absolute Gasteiger partial charge is 0.493 e. The first-order valence-electron chi connectivity index (χ1n) is 5.75. The van der Waals surface area contributed by atoms with Crippen LogP contribution < -0.4 is 9.46 Å². The summed E-state index contributed by atoms with van der Waals surface area (Å²) in [5, 5.41) is 9.11. The Morgan fingerprint density at radius 1 is 1.44 bits per heavy atom. The van der Waals surface area contributed by atoms with Gasteiger partial charge in [-0.2, -0.15) is 0 Å². The first-order chi connectivity index (χ1) is 8.34. The van der Waals surface area contributed by atoms with E-state index in [0.717, 1.165) is 17.7 Å². The van der Waals surface area contributed by atoms with Crippen molar-refractivity contribution >= 4 is 10.0 Å². The zero-order valence-corrected chi connectivity index (χ0v) is 11.3. The number of hydrogen-bond donors (Lipinski definition) is 2. The van der Waals surface area contributed by atoms with Crippen LogP contribution in [-0.2, 0) is 16.4 Å². The van der Waals surface area contributed by atoms with Crippen molar-refractivity contribution in [2.24, 2.45) is 0 Å². The van der Waals surface area contributed by atoms with Crippen molar-refractivity contribution in [2.45, 2.75) is 30.7 Å². The molecule has 2 N–H and O–H groups in total. The van der Waals surface area contributed by atoms with Crippen LogP contribution in [0, 0.1) is 0 Å². The smallest absolute Gasteiger partial charge is 0.241 e. The summed E-state index contributed by atoms with van der Waals surface area (Å²) >= 11 is 0. The van der Waals surface area contributed by atoms with Gasteiger partial charge in [0, 0.05) is 6.42 Å². The van der Waals surface area contributed by atoms with E-state index in [-0.39, 0.29) is 11.5 Å². The Morgan fingerprint density at radius 2 is 2.17 bits per heavy atom. The standard InChI is InChI=1S/C12H17NO4S/c1-12(2,8-14)13-18(15,16)10-3-4-11-9(7-10)5-6-17-11/h3-4,7,13-14H,5-6,8H2,1-2H3. The van der Waals surface area contributed by atoms with Crippen LogP contribution in [-0.4, -0.2) is 32.3 Å². The molecule has 1 heterocycles. The second-order valence-corrected chi connectivity index (χ2v) is 6.70. The topological polar surface area (TPSA) is 75.6 Å². The molecule has 1 aliphatic heterocycles. The minimum absolute atomic E-state index is 0.202. The highest BCUT2D eigenvalue weighted by molar-refractivity contribution is 7.89. The second kappa shape index (κ2) is 4.53. The van der Waals surface area contributed by atoms with Crippen LogP contribution in [0.5, 0.6) is 5.75 Å². The maximum absolute atomic E-state index is 12.1. The molecule has 0 radical (unpaired) electrons. The number of nitrogens with one attached hydrogen (secondary N) is 1. The first-order valence-corrected chi connectivity index (χ1v) is 7.23. The van der Waals surface area contributed by atoms with Crippen molar-refractivity contribution in [1.29, 1.82) is 0 Å². The molecule has 0 saturated carbocycles. The van der Waals surface area contributed by atoms with E-state index in [1.54, 1.807) is 26.0 Å². The predicted octanol–water partition coefficient (Wildman–Crippen LogP) is 0.671. The van der Waals surface area contributed by atoms with Crippen LogP contribution in [0.1, 0.15) is 19.4 Å². The van der Waals surface area contributed by atoms with Crippen molar-refractivity contribution < 1.29 is 18.3 Å². The lowest BCUT2D eigenvalue weighted by Gasteiger charge is -2.23. The van der Waals surface area contributed by atoms with E-state index in [9.17, 15) is 8.42 Å². The summed E-state index contributed by atoms with van der Waals surface area (Å²) in [5.41, 5.74) is 0.0219. The van der Waals surface area contributed by atoms with E-state index in [2.05, 4.69) is 4.72 Å². The fourth-order valence-electron chi connectivity index (χ4n) is 1.79. The van der Waals surface area contributed by atoms with E-state index in [1.165, 1.54) is 6.07 Å². The molecule has 1 aromatic rings.